The number of nitrogens with two attached hydrogens (primary N) is 1. The highest BCUT2D eigenvalue weighted by atomic mass is 35.5. The first-order valence-electron chi connectivity index (χ1n) is 5.26. The third-order valence-electron chi connectivity index (χ3n) is 2.79. The van der Waals surface area contributed by atoms with Crippen molar-refractivity contribution < 1.29 is 4.42 Å². The van der Waals surface area contributed by atoms with Gasteiger partial charge in [-0.05, 0) is 43.2 Å². The highest BCUT2D eigenvalue weighted by Gasteiger charge is 2.15. The summed E-state index contributed by atoms with van der Waals surface area (Å²) in [6, 6.07) is 6.98. The van der Waals surface area contributed by atoms with Gasteiger partial charge in [-0.1, -0.05) is 29.3 Å². The molecule has 2 aromatic rings. The molecule has 2 nitrogen and oxygen atoms in total. The molecule has 0 saturated heterocycles. The Morgan fingerprint density at radius 1 is 1.12 bits per heavy atom. The summed E-state index contributed by atoms with van der Waals surface area (Å²) >= 11 is 11.8. The van der Waals surface area contributed by atoms with E-state index in [-0.39, 0.29) is 6.04 Å². The number of aryl methyl sites for hydroxylation is 2. The maximum Gasteiger partial charge on any atom is 0.125 e. The third-order valence-corrected chi connectivity index (χ3v) is 3.53. The van der Waals surface area contributed by atoms with Crippen LogP contribution in [0.4, 0.5) is 0 Å². The van der Waals surface area contributed by atoms with Crippen LogP contribution in [0.25, 0.3) is 0 Å². The molecular weight excluding hydrogens is 257 g/mol. The SMILES string of the molecule is Cc1cc(C(N)c2ccc(Cl)c(Cl)c2)oc1C. The van der Waals surface area contributed by atoms with E-state index in [1.165, 1.54) is 0 Å². The lowest BCUT2D eigenvalue weighted by Gasteiger charge is -2.10. The first-order valence-corrected chi connectivity index (χ1v) is 6.02. The van der Waals surface area contributed by atoms with Gasteiger partial charge in [-0.2, -0.15) is 0 Å². The molecule has 2 N–H and O–H groups in total. The van der Waals surface area contributed by atoms with Crippen LogP contribution >= 0.6 is 23.2 Å². The van der Waals surface area contributed by atoms with E-state index in [2.05, 4.69) is 0 Å². The van der Waals surface area contributed by atoms with Gasteiger partial charge in [0.05, 0.1) is 16.1 Å². The number of rotatable bonds is 2. The standard InChI is InChI=1S/C13H13Cl2NO/c1-7-5-12(17-8(7)2)13(16)9-3-4-10(14)11(15)6-9/h3-6,13H,16H2,1-2H3. The predicted molar refractivity (Wildman–Crippen MR) is 70.7 cm³/mol. The number of benzene rings is 1. The van der Waals surface area contributed by atoms with Crippen LogP contribution in [-0.2, 0) is 0 Å². The van der Waals surface area contributed by atoms with Gasteiger partial charge in [-0.25, -0.2) is 0 Å². The number of halogens is 2. The molecule has 17 heavy (non-hydrogen) atoms. The van der Waals surface area contributed by atoms with Crippen molar-refractivity contribution in [2.24, 2.45) is 5.73 Å². The largest absolute Gasteiger partial charge is 0.464 e. The van der Waals surface area contributed by atoms with E-state index >= 15 is 0 Å². The van der Waals surface area contributed by atoms with Gasteiger partial charge < -0.3 is 10.2 Å². The summed E-state index contributed by atoms with van der Waals surface area (Å²) in [5.74, 6) is 1.62. The van der Waals surface area contributed by atoms with Crippen LogP contribution in [0.15, 0.2) is 28.7 Å². The number of hydrogen-bond donors (Lipinski definition) is 1. The zero-order chi connectivity index (χ0) is 12.6. The molecule has 0 bridgehead atoms. The van der Waals surface area contributed by atoms with Crippen LogP contribution < -0.4 is 5.73 Å². The number of hydrogen-bond acceptors (Lipinski definition) is 2. The Balaban J connectivity index is 2.36. The Morgan fingerprint density at radius 2 is 1.82 bits per heavy atom. The van der Waals surface area contributed by atoms with Gasteiger partial charge in [0.1, 0.15) is 11.5 Å². The van der Waals surface area contributed by atoms with Crippen molar-refractivity contribution in [3.63, 3.8) is 0 Å². The van der Waals surface area contributed by atoms with Crippen molar-refractivity contribution in [3.8, 4) is 0 Å². The molecule has 90 valence electrons. The Bertz CT molecular complexity index is 529. The second-order valence-electron chi connectivity index (χ2n) is 4.04. The van der Waals surface area contributed by atoms with E-state index in [1.54, 1.807) is 12.1 Å². The van der Waals surface area contributed by atoms with Crippen molar-refractivity contribution in [2.75, 3.05) is 0 Å². The molecule has 0 spiro atoms. The third kappa shape index (κ3) is 2.49. The molecule has 0 saturated carbocycles. The van der Waals surface area contributed by atoms with Crippen LogP contribution in [0.1, 0.15) is 28.7 Å². The van der Waals surface area contributed by atoms with Crippen LogP contribution in [0.2, 0.25) is 10.0 Å². The molecule has 0 amide bonds. The summed E-state index contributed by atoms with van der Waals surface area (Å²) < 4.78 is 5.60. The van der Waals surface area contributed by atoms with Gasteiger partial charge >= 0.3 is 0 Å². The molecule has 2 rings (SSSR count). The predicted octanol–water partition coefficient (Wildman–Crippen LogP) is 4.25. The van der Waals surface area contributed by atoms with Crippen LogP contribution in [-0.4, -0.2) is 0 Å². The van der Waals surface area contributed by atoms with Crippen molar-refractivity contribution in [3.05, 3.63) is 57.0 Å². The zero-order valence-electron chi connectivity index (χ0n) is 9.63. The summed E-state index contributed by atoms with van der Waals surface area (Å²) in [5, 5.41) is 1.02. The molecule has 0 aliphatic heterocycles. The van der Waals surface area contributed by atoms with Crippen molar-refractivity contribution in [2.45, 2.75) is 19.9 Å². The number of furan rings is 1. The highest BCUT2D eigenvalue weighted by Crippen LogP contribution is 2.29. The molecule has 4 heteroatoms. The smallest absolute Gasteiger partial charge is 0.125 e. The molecule has 0 radical (unpaired) electrons. The van der Waals surface area contributed by atoms with E-state index < -0.39 is 0 Å². The van der Waals surface area contributed by atoms with Gasteiger partial charge in [-0.15, -0.1) is 0 Å². The van der Waals surface area contributed by atoms with Crippen LogP contribution in [0.3, 0.4) is 0 Å². The summed E-state index contributed by atoms with van der Waals surface area (Å²) in [6.45, 7) is 3.91. The highest BCUT2D eigenvalue weighted by molar-refractivity contribution is 6.42. The lowest BCUT2D eigenvalue weighted by Crippen LogP contribution is -2.10. The Morgan fingerprint density at radius 3 is 2.35 bits per heavy atom. The minimum atomic E-state index is -0.322. The van der Waals surface area contributed by atoms with Gasteiger partial charge in [0.15, 0.2) is 0 Å². The van der Waals surface area contributed by atoms with Crippen molar-refractivity contribution in [1.29, 1.82) is 0 Å². The molecule has 1 aromatic heterocycles. The summed E-state index contributed by atoms with van der Waals surface area (Å²) in [6.07, 6.45) is 0. The minimum absolute atomic E-state index is 0.322. The fourth-order valence-electron chi connectivity index (χ4n) is 1.63. The van der Waals surface area contributed by atoms with E-state index in [1.807, 2.05) is 26.0 Å². The molecular formula is C13H13Cl2NO. The monoisotopic (exact) mass is 269 g/mol. The second kappa shape index (κ2) is 4.73. The van der Waals surface area contributed by atoms with E-state index in [9.17, 15) is 0 Å². The molecule has 0 aliphatic carbocycles. The Kier molecular flexibility index (Phi) is 3.48. The zero-order valence-corrected chi connectivity index (χ0v) is 11.1. The van der Waals surface area contributed by atoms with Crippen LogP contribution in [0.5, 0.6) is 0 Å². The second-order valence-corrected chi connectivity index (χ2v) is 4.85. The Hall–Kier alpha value is -0.960. The topological polar surface area (TPSA) is 39.2 Å². The van der Waals surface area contributed by atoms with Crippen LogP contribution in [0, 0.1) is 13.8 Å². The quantitative estimate of drug-likeness (QED) is 0.885. The van der Waals surface area contributed by atoms with E-state index in [0.29, 0.717) is 10.0 Å². The summed E-state index contributed by atoms with van der Waals surface area (Å²) in [7, 11) is 0. The molecule has 0 fully saturated rings. The normalized spacial score (nSPS) is 12.8. The summed E-state index contributed by atoms with van der Waals surface area (Å²) in [4.78, 5) is 0. The first kappa shape index (κ1) is 12.5. The maximum absolute atomic E-state index is 6.12. The van der Waals surface area contributed by atoms with E-state index in [0.717, 1.165) is 22.6 Å². The van der Waals surface area contributed by atoms with E-state index in [4.69, 9.17) is 33.4 Å². The summed E-state index contributed by atoms with van der Waals surface area (Å²) in [5.41, 5.74) is 8.10. The van der Waals surface area contributed by atoms with Gasteiger partial charge in [-0.3, -0.25) is 0 Å². The van der Waals surface area contributed by atoms with Crippen molar-refractivity contribution in [1.82, 2.24) is 0 Å². The average molecular weight is 270 g/mol. The van der Waals surface area contributed by atoms with Gasteiger partial charge in [0, 0.05) is 0 Å². The molecule has 1 unspecified atom stereocenters. The molecule has 1 atom stereocenters. The molecule has 0 aliphatic rings. The lowest BCUT2D eigenvalue weighted by atomic mass is 10.1. The molecule has 1 heterocycles. The van der Waals surface area contributed by atoms with Gasteiger partial charge in [0.25, 0.3) is 0 Å². The molecule has 1 aromatic carbocycles. The van der Waals surface area contributed by atoms with Crippen molar-refractivity contribution >= 4 is 23.2 Å². The lowest BCUT2D eigenvalue weighted by molar-refractivity contribution is 0.465. The fourth-order valence-corrected chi connectivity index (χ4v) is 1.93. The average Bonchev–Trinajstić information content (AvgIpc) is 2.62. The maximum atomic E-state index is 6.12. The Labute approximate surface area is 110 Å². The van der Waals surface area contributed by atoms with Gasteiger partial charge in [0.2, 0.25) is 0 Å². The first-order chi connectivity index (χ1) is 7.99. The fraction of sp³-hybridized carbons (Fsp3) is 0.231. The minimum Gasteiger partial charge on any atom is -0.464 e.